The summed E-state index contributed by atoms with van der Waals surface area (Å²) in [5, 5.41) is 14.1. The number of halogens is 2. The maximum atomic E-state index is 13.6. The molecule has 1 saturated carbocycles. The highest BCUT2D eigenvalue weighted by molar-refractivity contribution is 5.88. The quantitative estimate of drug-likeness (QED) is 0.637. The van der Waals surface area contributed by atoms with Crippen molar-refractivity contribution in [3.8, 4) is 0 Å². The number of hydrogen-bond acceptors (Lipinski definition) is 5. The van der Waals surface area contributed by atoms with E-state index in [4.69, 9.17) is 0 Å². The molecule has 0 amide bonds. The summed E-state index contributed by atoms with van der Waals surface area (Å²) in [7, 11) is 0. The summed E-state index contributed by atoms with van der Waals surface area (Å²) < 4.78 is 28.9. The number of aromatic nitrogens is 3. The molecule has 1 aliphatic carbocycles. The zero-order chi connectivity index (χ0) is 21.0. The molecule has 0 spiro atoms. The molecule has 1 aromatic carbocycles. The number of aliphatic hydroxyl groups is 1. The lowest BCUT2D eigenvalue weighted by molar-refractivity contribution is 0.0172. The van der Waals surface area contributed by atoms with Crippen LogP contribution < -0.4 is 10.9 Å². The monoisotopic (exact) mass is 400 g/mol. The highest BCUT2D eigenvalue weighted by Crippen LogP contribution is 2.42. The maximum absolute atomic E-state index is 13.6. The smallest absolute Gasteiger partial charge is 0.270 e. The van der Waals surface area contributed by atoms with Gasteiger partial charge in [0, 0.05) is 35.9 Å². The number of pyridine rings is 1. The van der Waals surface area contributed by atoms with E-state index < -0.39 is 12.2 Å². The van der Waals surface area contributed by atoms with Crippen molar-refractivity contribution in [3.05, 3.63) is 63.8 Å². The van der Waals surface area contributed by atoms with Crippen LogP contribution in [0.25, 0.3) is 10.9 Å². The summed E-state index contributed by atoms with van der Waals surface area (Å²) >= 11 is 0. The minimum atomic E-state index is -3.01. The molecular weight excluding hydrogens is 378 g/mol. The van der Waals surface area contributed by atoms with E-state index in [0.717, 1.165) is 19.8 Å². The Balaban J connectivity index is 1.75. The largest absolute Gasteiger partial charge is 0.369 e. The Bertz CT molecular complexity index is 1150. The third-order valence-electron chi connectivity index (χ3n) is 5.38. The summed E-state index contributed by atoms with van der Waals surface area (Å²) in [6.45, 7) is 4.50. The normalized spacial score (nSPS) is 16.6. The zero-order valence-corrected chi connectivity index (χ0v) is 16.4. The van der Waals surface area contributed by atoms with Gasteiger partial charge in [0.05, 0.1) is 10.9 Å². The molecule has 1 aliphatic rings. The molecule has 29 heavy (non-hydrogen) atoms. The molecule has 2 aromatic heterocycles. The molecule has 0 aliphatic heterocycles. The Kier molecular flexibility index (Phi) is 4.42. The van der Waals surface area contributed by atoms with E-state index in [0.29, 0.717) is 22.5 Å². The van der Waals surface area contributed by atoms with Gasteiger partial charge in [0.25, 0.3) is 11.5 Å². The number of aryl methyl sites for hydroxylation is 1. The van der Waals surface area contributed by atoms with E-state index in [1.54, 1.807) is 23.8 Å². The predicted molar refractivity (Wildman–Crippen MR) is 106 cm³/mol. The first-order valence-corrected chi connectivity index (χ1v) is 9.41. The summed E-state index contributed by atoms with van der Waals surface area (Å²) in [5.74, 6) is -2.24. The number of nitrogens with zero attached hydrogens (tertiary/aromatic N) is 3. The van der Waals surface area contributed by atoms with Crippen LogP contribution in [0.15, 0.2) is 41.3 Å². The molecule has 1 atom stereocenters. The number of rotatable bonds is 5. The van der Waals surface area contributed by atoms with Gasteiger partial charge in [-0.2, -0.15) is 0 Å². The van der Waals surface area contributed by atoms with Crippen LogP contribution in [-0.4, -0.2) is 19.6 Å². The molecule has 8 heteroatoms. The molecule has 2 N–H and O–H groups in total. The van der Waals surface area contributed by atoms with E-state index in [1.165, 1.54) is 24.3 Å². The van der Waals surface area contributed by atoms with Crippen molar-refractivity contribution in [2.45, 2.75) is 51.3 Å². The van der Waals surface area contributed by atoms with Gasteiger partial charge in [-0.15, -0.1) is 0 Å². The standard InChI is InChI=1S/C21H22F2N4O2/c1-12-24-16-10-17(28)27(20(2)7-8-20)11-15(16)18(25-12)26-19(29)13-5-4-6-14(9-13)21(3,22)23/h4-6,9-11,19,29H,7-8H2,1-3H3,(H,24,25,26). The van der Waals surface area contributed by atoms with Crippen LogP contribution in [0.3, 0.4) is 0 Å². The van der Waals surface area contributed by atoms with Crippen LogP contribution in [0.4, 0.5) is 14.6 Å². The van der Waals surface area contributed by atoms with E-state index in [-0.39, 0.29) is 22.2 Å². The lowest BCUT2D eigenvalue weighted by atomic mass is 10.1. The summed E-state index contributed by atoms with van der Waals surface area (Å²) in [4.78, 5) is 21.2. The van der Waals surface area contributed by atoms with E-state index in [2.05, 4.69) is 15.3 Å². The molecule has 0 bridgehead atoms. The van der Waals surface area contributed by atoms with Crippen molar-refractivity contribution in [1.82, 2.24) is 14.5 Å². The molecule has 1 fully saturated rings. The molecule has 6 nitrogen and oxygen atoms in total. The number of aliphatic hydroxyl groups excluding tert-OH is 1. The number of alkyl halides is 2. The fourth-order valence-electron chi connectivity index (χ4n) is 3.37. The molecule has 3 aromatic rings. The zero-order valence-electron chi connectivity index (χ0n) is 16.4. The number of anilines is 1. The number of hydrogen-bond donors (Lipinski definition) is 2. The minimum absolute atomic E-state index is 0.139. The lowest BCUT2D eigenvalue weighted by Gasteiger charge is -2.19. The number of fused-ring (bicyclic) bond motifs is 1. The Morgan fingerprint density at radius 2 is 2.00 bits per heavy atom. The summed E-state index contributed by atoms with van der Waals surface area (Å²) in [6, 6.07) is 7.07. The molecular formula is C21H22F2N4O2. The van der Waals surface area contributed by atoms with E-state index in [1.807, 2.05) is 6.92 Å². The SMILES string of the molecule is Cc1nc(NC(O)c2cccc(C(C)(F)F)c2)c2cn(C3(C)CC3)c(=O)cc2n1. The Morgan fingerprint density at radius 3 is 2.66 bits per heavy atom. The van der Waals surface area contributed by atoms with Gasteiger partial charge in [0.15, 0.2) is 6.23 Å². The molecule has 0 radical (unpaired) electrons. The first kappa shape index (κ1) is 19.4. The van der Waals surface area contributed by atoms with Gasteiger partial charge in [-0.25, -0.2) is 18.7 Å². The van der Waals surface area contributed by atoms with Gasteiger partial charge >= 0.3 is 0 Å². The fraction of sp³-hybridized carbons (Fsp3) is 0.381. The first-order valence-electron chi connectivity index (χ1n) is 9.41. The predicted octanol–water partition coefficient (Wildman–Crippen LogP) is 3.82. The van der Waals surface area contributed by atoms with Gasteiger partial charge in [-0.3, -0.25) is 4.79 Å². The molecule has 4 rings (SSSR count). The van der Waals surface area contributed by atoms with Crippen LogP contribution in [0.1, 0.15) is 49.9 Å². The average molecular weight is 400 g/mol. The Morgan fingerprint density at radius 1 is 1.28 bits per heavy atom. The minimum Gasteiger partial charge on any atom is -0.369 e. The van der Waals surface area contributed by atoms with Crippen molar-refractivity contribution in [2.75, 3.05) is 5.32 Å². The highest BCUT2D eigenvalue weighted by Gasteiger charge is 2.40. The van der Waals surface area contributed by atoms with Crippen molar-refractivity contribution >= 4 is 16.7 Å². The van der Waals surface area contributed by atoms with Gasteiger partial charge in [-0.1, -0.05) is 18.2 Å². The van der Waals surface area contributed by atoms with Crippen LogP contribution >= 0.6 is 0 Å². The molecule has 2 heterocycles. The molecule has 152 valence electrons. The number of benzene rings is 1. The van der Waals surface area contributed by atoms with Crippen LogP contribution in [0.5, 0.6) is 0 Å². The van der Waals surface area contributed by atoms with Crippen molar-refractivity contribution in [1.29, 1.82) is 0 Å². The summed E-state index contributed by atoms with van der Waals surface area (Å²) in [5.41, 5.74) is 0.213. The fourth-order valence-corrected chi connectivity index (χ4v) is 3.37. The third kappa shape index (κ3) is 3.72. The van der Waals surface area contributed by atoms with Crippen molar-refractivity contribution in [2.24, 2.45) is 0 Å². The second kappa shape index (κ2) is 6.59. The van der Waals surface area contributed by atoms with E-state index in [9.17, 15) is 18.7 Å². The number of nitrogens with one attached hydrogen (secondary N) is 1. The summed E-state index contributed by atoms with van der Waals surface area (Å²) in [6.07, 6.45) is 2.27. The molecule has 1 unspecified atom stereocenters. The van der Waals surface area contributed by atoms with E-state index >= 15 is 0 Å². The third-order valence-corrected chi connectivity index (χ3v) is 5.38. The van der Waals surface area contributed by atoms with Crippen molar-refractivity contribution in [3.63, 3.8) is 0 Å². The van der Waals surface area contributed by atoms with Gasteiger partial charge < -0.3 is 15.0 Å². The second-order valence-corrected chi connectivity index (χ2v) is 7.96. The second-order valence-electron chi connectivity index (χ2n) is 7.96. The molecule has 0 saturated heterocycles. The van der Waals surface area contributed by atoms with Gasteiger partial charge in [0.2, 0.25) is 0 Å². The Labute approximate surface area is 166 Å². The van der Waals surface area contributed by atoms with Gasteiger partial charge in [0.1, 0.15) is 11.6 Å². The highest BCUT2D eigenvalue weighted by atomic mass is 19.3. The Hall–Kier alpha value is -2.87. The van der Waals surface area contributed by atoms with Crippen LogP contribution in [0, 0.1) is 6.92 Å². The van der Waals surface area contributed by atoms with Gasteiger partial charge in [-0.05, 0) is 32.8 Å². The van der Waals surface area contributed by atoms with Crippen molar-refractivity contribution < 1.29 is 13.9 Å². The first-order chi connectivity index (χ1) is 13.6. The maximum Gasteiger partial charge on any atom is 0.270 e. The topological polar surface area (TPSA) is 80.0 Å². The van der Waals surface area contributed by atoms with Crippen LogP contribution in [-0.2, 0) is 11.5 Å². The van der Waals surface area contributed by atoms with Crippen LogP contribution in [0.2, 0.25) is 0 Å². The average Bonchev–Trinajstić information content (AvgIpc) is 3.38. The lowest BCUT2D eigenvalue weighted by Crippen LogP contribution is -2.27.